The van der Waals surface area contributed by atoms with Crippen LogP contribution in [0.1, 0.15) is 31.3 Å². The number of aromatic nitrogens is 1. The Morgan fingerprint density at radius 2 is 1.60 bits per heavy atom. The third-order valence-corrected chi connectivity index (χ3v) is 6.40. The third kappa shape index (κ3) is 5.32. The van der Waals surface area contributed by atoms with Gasteiger partial charge in [0.1, 0.15) is 5.69 Å². The zero-order chi connectivity index (χ0) is 25.7. The number of carbonyl (C=O) groups excluding carboxylic acids is 1. The normalized spacial score (nSPS) is 12.2. The van der Waals surface area contributed by atoms with Crippen LogP contribution in [0.2, 0.25) is 15.1 Å². The summed E-state index contributed by atoms with van der Waals surface area (Å²) >= 11 is 18.6. The Labute approximate surface area is 216 Å². The summed E-state index contributed by atoms with van der Waals surface area (Å²) in [4.78, 5) is 17.7. The molecule has 2 aromatic heterocycles. The monoisotopic (exact) mass is 552 g/mol. The van der Waals surface area contributed by atoms with Gasteiger partial charge in [-0.3, -0.25) is 14.1 Å². The number of Topliss-reactive ketones (excluding diaryl/α,β-unsaturated/α-hetero) is 1. The lowest BCUT2D eigenvalue weighted by atomic mass is 9.89. The second-order valence-electron chi connectivity index (χ2n) is 8.83. The van der Waals surface area contributed by atoms with Gasteiger partial charge in [-0.05, 0) is 42.0 Å². The number of hydrogen-bond donors (Lipinski definition) is 2. The molecule has 2 heterocycles. The SMILES string of the molecule is CC(C)(C)C(=O)c1oc2nc(-c3ccc(Cl)cc3Cl)c(-c3ccc(Cl)cc3)cc2c1NS(=O)(=O)O. The molecule has 4 rings (SSSR count). The van der Waals surface area contributed by atoms with Crippen LogP contribution in [0, 0.1) is 5.41 Å². The quantitative estimate of drug-likeness (QED) is 0.195. The first-order chi connectivity index (χ1) is 16.2. The summed E-state index contributed by atoms with van der Waals surface area (Å²) in [7, 11) is -4.74. The number of benzene rings is 2. The molecule has 0 saturated carbocycles. The molecule has 35 heavy (non-hydrogen) atoms. The molecular formula is C24H19Cl3N2O5S. The van der Waals surface area contributed by atoms with Gasteiger partial charge in [0.15, 0.2) is 5.76 Å². The molecule has 0 bridgehead atoms. The number of halogens is 3. The van der Waals surface area contributed by atoms with Crippen molar-refractivity contribution in [2.45, 2.75) is 20.8 Å². The predicted molar refractivity (Wildman–Crippen MR) is 139 cm³/mol. The summed E-state index contributed by atoms with van der Waals surface area (Å²) in [6.45, 7) is 4.97. The fraction of sp³-hybridized carbons (Fsp3) is 0.167. The van der Waals surface area contributed by atoms with Crippen molar-refractivity contribution < 1.29 is 22.2 Å². The number of nitrogens with one attached hydrogen (secondary N) is 1. The Bertz CT molecular complexity index is 1570. The van der Waals surface area contributed by atoms with E-state index in [1.54, 1.807) is 69.3 Å². The van der Waals surface area contributed by atoms with Crippen LogP contribution in [0.15, 0.2) is 52.9 Å². The van der Waals surface area contributed by atoms with Crippen molar-refractivity contribution in [3.63, 3.8) is 0 Å². The van der Waals surface area contributed by atoms with Crippen LogP contribution >= 0.6 is 34.8 Å². The van der Waals surface area contributed by atoms with Crippen molar-refractivity contribution in [3.05, 3.63) is 69.4 Å². The van der Waals surface area contributed by atoms with Crippen LogP contribution < -0.4 is 4.72 Å². The summed E-state index contributed by atoms with van der Waals surface area (Å²) in [5.74, 6) is -0.764. The maximum atomic E-state index is 13.1. The van der Waals surface area contributed by atoms with Gasteiger partial charge in [0.05, 0.1) is 16.1 Å². The van der Waals surface area contributed by atoms with E-state index in [-0.39, 0.29) is 22.5 Å². The van der Waals surface area contributed by atoms with Gasteiger partial charge in [0.25, 0.3) is 0 Å². The Hall–Kier alpha value is -2.62. The van der Waals surface area contributed by atoms with Gasteiger partial charge in [-0.15, -0.1) is 0 Å². The molecule has 0 spiro atoms. The molecule has 7 nitrogen and oxygen atoms in total. The van der Waals surface area contributed by atoms with Crippen LogP contribution in [0.4, 0.5) is 5.69 Å². The first-order valence-corrected chi connectivity index (χ1v) is 12.8. The molecule has 4 aromatic rings. The zero-order valence-corrected chi connectivity index (χ0v) is 21.8. The fourth-order valence-electron chi connectivity index (χ4n) is 3.49. The highest BCUT2D eigenvalue weighted by molar-refractivity contribution is 7.87. The maximum absolute atomic E-state index is 13.1. The number of furan rings is 1. The smallest absolute Gasteiger partial charge is 0.357 e. The third-order valence-electron chi connectivity index (χ3n) is 5.14. The van der Waals surface area contributed by atoms with E-state index >= 15 is 0 Å². The first kappa shape index (κ1) is 25.5. The average molecular weight is 554 g/mol. The second-order valence-corrected chi connectivity index (χ2v) is 11.3. The molecule has 2 N–H and O–H groups in total. The molecular weight excluding hydrogens is 535 g/mol. The molecule has 0 radical (unpaired) electrons. The standard InChI is InChI=1S/C24H19Cl3N2O5S/c1-24(2,3)22(30)21-20(29-35(31,32)33)17-11-16(12-4-6-13(25)7-5-12)19(28-23(17)34-21)15-9-8-14(26)10-18(15)27/h4-11,29H,1-3H3,(H,31,32,33). The Morgan fingerprint density at radius 1 is 0.971 bits per heavy atom. The number of rotatable bonds is 5. The highest BCUT2D eigenvalue weighted by atomic mass is 35.5. The number of ketones is 1. The summed E-state index contributed by atoms with van der Waals surface area (Å²) in [6, 6.07) is 13.4. The van der Waals surface area contributed by atoms with E-state index in [2.05, 4.69) is 4.98 Å². The number of carbonyl (C=O) groups is 1. The van der Waals surface area contributed by atoms with Crippen molar-refractivity contribution in [3.8, 4) is 22.4 Å². The van der Waals surface area contributed by atoms with Crippen molar-refractivity contribution in [2.24, 2.45) is 5.41 Å². The first-order valence-electron chi connectivity index (χ1n) is 10.2. The lowest BCUT2D eigenvalue weighted by molar-refractivity contribution is 0.0832. The average Bonchev–Trinajstić information content (AvgIpc) is 3.08. The number of nitrogens with zero attached hydrogens (tertiary/aromatic N) is 1. The Balaban J connectivity index is 2.10. The van der Waals surface area contributed by atoms with Crippen LogP contribution in [-0.2, 0) is 10.3 Å². The summed E-state index contributed by atoms with van der Waals surface area (Å²) in [5.41, 5.74) is 1.03. The minimum absolute atomic E-state index is 0.0255. The van der Waals surface area contributed by atoms with E-state index in [9.17, 15) is 17.8 Å². The number of anilines is 1. The van der Waals surface area contributed by atoms with Crippen LogP contribution in [0.5, 0.6) is 0 Å². The van der Waals surface area contributed by atoms with Crippen molar-refractivity contribution in [2.75, 3.05) is 4.72 Å². The Morgan fingerprint density at radius 3 is 2.17 bits per heavy atom. The van der Waals surface area contributed by atoms with Gasteiger partial charge in [0.2, 0.25) is 11.5 Å². The van der Waals surface area contributed by atoms with E-state index in [0.29, 0.717) is 37.5 Å². The van der Waals surface area contributed by atoms with Crippen LogP contribution in [0.3, 0.4) is 0 Å². The van der Waals surface area contributed by atoms with E-state index in [0.717, 1.165) is 0 Å². The largest absolute Gasteiger partial charge is 0.432 e. The minimum atomic E-state index is -4.74. The molecule has 0 aliphatic carbocycles. The van der Waals surface area contributed by atoms with Gasteiger partial charge in [-0.25, -0.2) is 4.98 Å². The van der Waals surface area contributed by atoms with Crippen molar-refractivity contribution >= 4 is 67.7 Å². The fourth-order valence-corrected chi connectivity index (χ4v) is 4.58. The van der Waals surface area contributed by atoms with Crippen molar-refractivity contribution in [1.82, 2.24) is 4.98 Å². The van der Waals surface area contributed by atoms with E-state index < -0.39 is 21.5 Å². The van der Waals surface area contributed by atoms with Gasteiger partial charge >= 0.3 is 10.3 Å². The van der Waals surface area contributed by atoms with E-state index in [4.69, 9.17) is 39.2 Å². The highest BCUT2D eigenvalue weighted by Gasteiger charge is 2.32. The van der Waals surface area contributed by atoms with Crippen LogP contribution in [-0.4, -0.2) is 23.7 Å². The molecule has 182 valence electrons. The lowest BCUT2D eigenvalue weighted by Crippen LogP contribution is -2.22. The molecule has 11 heteroatoms. The highest BCUT2D eigenvalue weighted by Crippen LogP contribution is 2.42. The molecule has 0 aliphatic rings. The number of pyridine rings is 1. The molecule has 0 aliphatic heterocycles. The van der Waals surface area contributed by atoms with Gasteiger partial charge in [-0.1, -0.05) is 67.7 Å². The summed E-state index contributed by atoms with van der Waals surface area (Å²) in [5, 5.41) is 1.45. The molecule has 0 atom stereocenters. The van der Waals surface area contributed by atoms with Crippen LogP contribution in [0.25, 0.3) is 33.5 Å². The molecule has 0 fully saturated rings. The number of fused-ring (bicyclic) bond motifs is 1. The Kier molecular flexibility index (Phi) is 6.63. The molecule has 0 unspecified atom stereocenters. The molecule has 0 saturated heterocycles. The topological polar surface area (TPSA) is 110 Å². The van der Waals surface area contributed by atoms with Crippen molar-refractivity contribution in [1.29, 1.82) is 0 Å². The van der Waals surface area contributed by atoms with Gasteiger partial charge in [-0.2, -0.15) is 8.42 Å². The summed E-state index contributed by atoms with van der Waals surface area (Å²) < 4.78 is 40.8. The van der Waals surface area contributed by atoms with E-state index in [1.165, 1.54) is 0 Å². The maximum Gasteiger partial charge on any atom is 0.357 e. The minimum Gasteiger partial charge on any atom is -0.432 e. The predicted octanol–water partition coefficient (Wildman–Crippen LogP) is 7.57. The molecule has 0 amide bonds. The zero-order valence-electron chi connectivity index (χ0n) is 18.7. The molecule has 2 aromatic carbocycles. The summed E-state index contributed by atoms with van der Waals surface area (Å²) in [6.07, 6.45) is 0. The van der Waals surface area contributed by atoms with Gasteiger partial charge < -0.3 is 4.42 Å². The second kappa shape index (κ2) is 9.11. The lowest BCUT2D eigenvalue weighted by Gasteiger charge is -2.15. The van der Waals surface area contributed by atoms with E-state index in [1.807, 2.05) is 4.72 Å². The number of hydrogen-bond acceptors (Lipinski definition) is 5. The van der Waals surface area contributed by atoms with Gasteiger partial charge in [0, 0.05) is 26.6 Å².